The summed E-state index contributed by atoms with van der Waals surface area (Å²) in [6.45, 7) is 2.05. The number of carbonyl (C=O) groups excluding carboxylic acids is 2. The minimum absolute atomic E-state index is 0.0453. The Labute approximate surface area is 144 Å². The highest BCUT2D eigenvalue weighted by Gasteiger charge is 2.39. The number of aliphatic hydroxyl groups is 1. The molecular formula is C20H18O5. The highest BCUT2D eigenvalue weighted by Crippen LogP contribution is 2.43. The predicted octanol–water partition coefficient (Wildman–Crippen LogP) is 2.79. The highest BCUT2D eigenvalue weighted by molar-refractivity contribution is 6.30. The SMILES string of the molecule is COc1ccc(O)c2c1C(=O)c1ccc3c(c1C2=O)[C@H](O)C[C@H](C)C3. The lowest BCUT2D eigenvalue weighted by Gasteiger charge is -2.31. The van der Waals surface area contributed by atoms with Crippen LogP contribution >= 0.6 is 0 Å². The van der Waals surface area contributed by atoms with Gasteiger partial charge < -0.3 is 14.9 Å². The van der Waals surface area contributed by atoms with Crippen LogP contribution in [-0.2, 0) is 6.42 Å². The number of aromatic hydroxyl groups is 1. The van der Waals surface area contributed by atoms with Crippen molar-refractivity contribution < 1.29 is 24.5 Å². The summed E-state index contributed by atoms with van der Waals surface area (Å²) in [7, 11) is 1.41. The van der Waals surface area contributed by atoms with Gasteiger partial charge in [-0.05, 0) is 48.1 Å². The van der Waals surface area contributed by atoms with E-state index in [9.17, 15) is 19.8 Å². The van der Waals surface area contributed by atoms with Gasteiger partial charge in [-0.15, -0.1) is 0 Å². The largest absolute Gasteiger partial charge is 0.507 e. The second-order valence-corrected chi connectivity index (χ2v) is 6.82. The van der Waals surface area contributed by atoms with Gasteiger partial charge >= 0.3 is 0 Å². The first-order valence-electron chi connectivity index (χ1n) is 8.27. The van der Waals surface area contributed by atoms with Crippen LogP contribution < -0.4 is 4.74 Å². The second-order valence-electron chi connectivity index (χ2n) is 6.82. The summed E-state index contributed by atoms with van der Waals surface area (Å²) in [6.07, 6.45) is 0.500. The Kier molecular flexibility index (Phi) is 3.44. The van der Waals surface area contributed by atoms with E-state index >= 15 is 0 Å². The maximum Gasteiger partial charge on any atom is 0.198 e. The van der Waals surface area contributed by atoms with E-state index in [4.69, 9.17) is 4.74 Å². The first-order chi connectivity index (χ1) is 11.9. The number of aliphatic hydroxyl groups excluding tert-OH is 1. The maximum atomic E-state index is 13.2. The van der Waals surface area contributed by atoms with Gasteiger partial charge in [0.05, 0.1) is 24.3 Å². The standard InChI is InChI=1S/C20H18O5/c1-9-7-10-3-4-11-16(15(10)13(22)8-9)20(24)17-12(21)5-6-14(25-2)18(17)19(11)23/h3-6,9,13,21-22H,7-8H2,1-2H3/t9-,13-/m1/s1. The molecule has 4 rings (SSSR count). The molecule has 0 spiro atoms. The number of ketones is 2. The third-order valence-electron chi connectivity index (χ3n) is 5.15. The molecule has 0 amide bonds. The molecule has 0 heterocycles. The molecule has 5 heteroatoms. The third-order valence-corrected chi connectivity index (χ3v) is 5.15. The molecule has 25 heavy (non-hydrogen) atoms. The van der Waals surface area contributed by atoms with E-state index in [0.29, 0.717) is 17.9 Å². The van der Waals surface area contributed by atoms with Crippen LogP contribution in [0.3, 0.4) is 0 Å². The molecule has 5 nitrogen and oxygen atoms in total. The average molecular weight is 338 g/mol. The first-order valence-corrected chi connectivity index (χ1v) is 8.27. The summed E-state index contributed by atoms with van der Waals surface area (Å²) in [6, 6.07) is 6.28. The van der Waals surface area contributed by atoms with E-state index < -0.39 is 11.9 Å². The number of phenolic OH excluding ortho intramolecular Hbond substituents is 1. The van der Waals surface area contributed by atoms with E-state index in [2.05, 4.69) is 0 Å². The molecule has 2 aromatic carbocycles. The van der Waals surface area contributed by atoms with Crippen molar-refractivity contribution in [3.63, 3.8) is 0 Å². The summed E-state index contributed by atoms with van der Waals surface area (Å²) in [5, 5.41) is 20.8. The van der Waals surface area contributed by atoms with Crippen molar-refractivity contribution in [2.24, 2.45) is 5.92 Å². The minimum Gasteiger partial charge on any atom is -0.507 e. The molecule has 0 bridgehead atoms. The number of fused-ring (bicyclic) bond motifs is 4. The van der Waals surface area contributed by atoms with Crippen molar-refractivity contribution >= 4 is 11.6 Å². The topological polar surface area (TPSA) is 83.8 Å². The first kappa shape index (κ1) is 15.8. The van der Waals surface area contributed by atoms with E-state index in [-0.39, 0.29) is 39.5 Å². The zero-order valence-corrected chi connectivity index (χ0v) is 14.0. The molecule has 0 radical (unpaired) electrons. The van der Waals surface area contributed by atoms with Crippen LogP contribution in [-0.4, -0.2) is 28.9 Å². The minimum atomic E-state index is -0.792. The fourth-order valence-corrected chi connectivity index (χ4v) is 4.07. The van der Waals surface area contributed by atoms with Gasteiger partial charge in [0.2, 0.25) is 0 Å². The van der Waals surface area contributed by atoms with Crippen LogP contribution in [0.4, 0.5) is 0 Å². The lowest BCUT2D eigenvalue weighted by Crippen LogP contribution is -2.27. The van der Waals surface area contributed by atoms with Crippen molar-refractivity contribution in [1.82, 2.24) is 0 Å². The van der Waals surface area contributed by atoms with E-state index in [1.165, 1.54) is 19.2 Å². The molecule has 2 aliphatic rings. The molecule has 128 valence electrons. The third kappa shape index (κ3) is 2.12. The Morgan fingerprint density at radius 2 is 1.80 bits per heavy atom. The van der Waals surface area contributed by atoms with Gasteiger partial charge in [-0.2, -0.15) is 0 Å². The second kappa shape index (κ2) is 5.43. The smallest absolute Gasteiger partial charge is 0.198 e. The molecule has 0 unspecified atom stereocenters. The van der Waals surface area contributed by atoms with Gasteiger partial charge in [-0.3, -0.25) is 9.59 Å². The van der Waals surface area contributed by atoms with Crippen molar-refractivity contribution in [3.05, 3.63) is 57.6 Å². The quantitative estimate of drug-likeness (QED) is 0.713. The lowest BCUT2D eigenvalue weighted by molar-refractivity contribution is 0.0961. The van der Waals surface area contributed by atoms with E-state index in [1.807, 2.05) is 13.0 Å². The highest BCUT2D eigenvalue weighted by atomic mass is 16.5. The Bertz CT molecular complexity index is 928. The Morgan fingerprint density at radius 1 is 1.04 bits per heavy atom. The molecule has 2 atom stereocenters. The number of ether oxygens (including phenoxy) is 1. The summed E-state index contributed by atoms with van der Waals surface area (Å²) in [5.41, 5.74) is 1.93. The van der Waals surface area contributed by atoms with E-state index in [0.717, 1.165) is 12.0 Å². The zero-order chi connectivity index (χ0) is 17.9. The van der Waals surface area contributed by atoms with Gasteiger partial charge in [0, 0.05) is 11.1 Å². The lowest BCUT2D eigenvalue weighted by atomic mass is 9.74. The van der Waals surface area contributed by atoms with Crippen LogP contribution in [0, 0.1) is 5.92 Å². The van der Waals surface area contributed by atoms with Gasteiger partial charge in [-0.25, -0.2) is 0 Å². The van der Waals surface area contributed by atoms with Crippen molar-refractivity contribution in [2.45, 2.75) is 25.9 Å². The van der Waals surface area contributed by atoms with Crippen LogP contribution in [0.1, 0.15) is 62.4 Å². The molecule has 0 fully saturated rings. The fraction of sp³-hybridized carbons (Fsp3) is 0.300. The summed E-state index contributed by atoms with van der Waals surface area (Å²) < 4.78 is 5.22. The van der Waals surface area contributed by atoms with Gasteiger partial charge in [0.15, 0.2) is 11.6 Å². The van der Waals surface area contributed by atoms with Gasteiger partial charge in [0.1, 0.15) is 11.5 Å². The van der Waals surface area contributed by atoms with Crippen LogP contribution in [0.2, 0.25) is 0 Å². The monoisotopic (exact) mass is 338 g/mol. The maximum absolute atomic E-state index is 13.2. The van der Waals surface area contributed by atoms with Crippen molar-refractivity contribution in [3.8, 4) is 11.5 Å². The molecule has 0 aliphatic heterocycles. The number of methoxy groups -OCH3 is 1. The number of hydrogen-bond donors (Lipinski definition) is 2. The Hall–Kier alpha value is -2.66. The molecular weight excluding hydrogens is 320 g/mol. The van der Waals surface area contributed by atoms with Gasteiger partial charge in [0.25, 0.3) is 0 Å². The molecule has 0 aromatic heterocycles. The number of benzene rings is 2. The molecule has 2 aliphatic carbocycles. The molecule has 0 saturated heterocycles. The normalized spacial score (nSPS) is 21.4. The van der Waals surface area contributed by atoms with Crippen LogP contribution in [0.5, 0.6) is 11.5 Å². The Balaban J connectivity index is 2.02. The molecule has 2 N–H and O–H groups in total. The average Bonchev–Trinajstić information content (AvgIpc) is 2.58. The van der Waals surface area contributed by atoms with Crippen molar-refractivity contribution in [2.75, 3.05) is 7.11 Å². The molecule has 2 aromatic rings. The number of rotatable bonds is 1. The molecule has 0 saturated carbocycles. The number of hydrogen-bond acceptors (Lipinski definition) is 5. The van der Waals surface area contributed by atoms with Crippen molar-refractivity contribution in [1.29, 1.82) is 0 Å². The number of carbonyl (C=O) groups is 2. The summed E-state index contributed by atoms with van der Waals surface area (Å²) in [5.74, 6) is -0.507. The van der Waals surface area contributed by atoms with Crippen LogP contribution in [0.15, 0.2) is 24.3 Å². The fourth-order valence-electron chi connectivity index (χ4n) is 4.07. The number of phenols is 1. The zero-order valence-electron chi connectivity index (χ0n) is 14.0. The summed E-state index contributed by atoms with van der Waals surface area (Å²) in [4.78, 5) is 26.2. The van der Waals surface area contributed by atoms with Gasteiger partial charge in [-0.1, -0.05) is 13.0 Å². The van der Waals surface area contributed by atoms with E-state index in [1.54, 1.807) is 6.07 Å². The summed E-state index contributed by atoms with van der Waals surface area (Å²) >= 11 is 0. The predicted molar refractivity (Wildman–Crippen MR) is 90.4 cm³/mol. The Morgan fingerprint density at radius 3 is 2.52 bits per heavy atom. The van der Waals surface area contributed by atoms with Crippen LogP contribution in [0.25, 0.3) is 0 Å².